The van der Waals surface area contributed by atoms with Crippen molar-refractivity contribution in [3.63, 3.8) is 0 Å². The van der Waals surface area contributed by atoms with Crippen LogP contribution in [0.1, 0.15) is 50.4 Å². The molecule has 0 radical (unpaired) electrons. The Morgan fingerprint density at radius 3 is 2.68 bits per heavy atom. The maximum Gasteiger partial charge on any atom is 0.322 e. The number of anilines is 1. The average Bonchev–Trinajstić information content (AvgIpc) is 3.22. The van der Waals surface area contributed by atoms with Crippen LogP contribution >= 0.6 is 0 Å². The summed E-state index contributed by atoms with van der Waals surface area (Å²) in [6.07, 6.45) is 7.15. The standard InChI is InChI=1S/C24H28FN5O3S/c1-4-5-20(17-12-13-26-23(14-17)34(3,32)33)28-24(31)29-16(2)6-11-21-22(29)15-27-30(21)19-9-7-18(25)8-10-19/h7-10,12-16,20H,4-6,11H2,1-3H3,(H,28,31)/t16?,20-/m0/s1. The largest absolute Gasteiger partial charge is 0.331 e. The quantitative estimate of drug-likeness (QED) is 0.564. The number of sulfone groups is 1. The number of hydrogen-bond donors (Lipinski definition) is 1. The predicted octanol–water partition coefficient (Wildman–Crippen LogP) is 4.20. The monoisotopic (exact) mass is 485 g/mol. The maximum absolute atomic E-state index is 13.5. The van der Waals surface area contributed by atoms with Crippen molar-refractivity contribution in [1.82, 2.24) is 20.1 Å². The number of hydrogen-bond acceptors (Lipinski definition) is 5. The molecule has 2 amide bonds. The Hall–Kier alpha value is -3.27. The second-order valence-electron chi connectivity index (χ2n) is 8.61. The molecule has 1 aliphatic rings. The lowest BCUT2D eigenvalue weighted by Crippen LogP contribution is -2.48. The summed E-state index contributed by atoms with van der Waals surface area (Å²) < 4.78 is 39.0. The number of urea groups is 1. The summed E-state index contributed by atoms with van der Waals surface area (Å²) in [5, 5.41) is 7.54. The highest BCUT2D eigenvalue weighted by atomic mass is 32.2. The third-order valence-corrected chi connectivity index (χ3v) is 7.04. The normalized spacial score (nSPS) is 16.7. The average molecular weight is 486 g/mol. The van der Waals surface area contributed by atoms with Crippen LogP contribution < -0.4 is 10.2 Å². The van der Waals surface area contributed by atoms with E-state index in [0.29, 0.717) is 17.7 Å². The van der Waals surface area contributed by atoms with Crippen molar-refractivity contribution in [2.45, 2.75) is 56.6 Å². The van der Waals surface area contributed by atoms with E-state index in [9.17, 15) is 17.6 Å². The molecule has 0 saturated heterocycles. The molecule has 0 fully saturated rings. The lowest BCUT2D eigenvalue weighted by molar-refractivity contribution is 0.239. The molecule has 10 heteroatoms. The molecule has 34 heavy (non-hydrogen) atoms. The number of halogens is 1. The van der Waals surface area contributed by atoms with Gasteiger partial charge in [-0.2, -0.15) is 5.10 Å². The first-order valence-corrected chi connectivity index (χ1v) is 13.2. The molecule has 180 valence electrons. The predicted molar refractivity (Wildman–Crippen MR) is 127 cm³/mol. The molecule has 0 bridgehead atoms. The van der Waals surface area contributed by atoms with Crippen LogP contribution in [0.5, 0.6) is 0 Å². The Morgan fingerprint density at radius 2 is 2.00 bits per heavy atom. The molecule has 2 atom stereocenters. The Kier molecular flexibility index (Phi) is 6.70. The van der Waals surface area contributed by atoms with Crippen molar-refractivity contribution in [2.75, 3.05) is 11.2 Å². The second kappa shape index (κ2) is 9.54. The molecular weight excluding hydrogens is 457 g/mol. The van der Waals surface area contributed by atoms with Crippen LogP contribution in [0.25, 0.3) is 5.69 Å². The number of amides is 2. The van der Waals surface area contributed by atoms with Gasteiger partial charge in [-0.3, -0.25) is 4.90 Å². The number of benzene rings is 1. The minimum atomic E-state index is -3.47. The molecule has 0 spiro atoms. The van der Waals surface area contributed by atoms with E-state index in [0.717, 1.165) is 36.9 Å². The van der Waals surface area contributed by atoms with E-state index in [2.05, 4.69) is 15.4 Å². The van der Waals surface area contributed by atoms with E-state index in [1.165, 1.54) is 24.4 Å². The first-order valence-electron chi connectivity index (χ1n) is 11.3. The van der Waals surface area contributed by atoms with Crippen molar-refractivity contribution in [3.05, 3.63) is 65.9 Å². The molecule has 0 aliphatic carbocycles. The molecule has 3 heterocycles. The van der Waals surface area contributed by atoms with Gasteiger partial charge in [0.1, 0.15) is 5.82 Å². The fraction of sp³-hybridized carbons (Fsp3) is 0.375. The van der Waals surface area contributed by atoms with Gasteiger partial charge < -0.3 is 5.32 Å². The van der Waals surface area contributed by atoms with Gasteiger partial charge in [0, 0.05) is 18.5 Å². The summed E-state index contributed by atoms with van der Waals surface area (Å²) in [5.74, 6) is -0.323. The van der Waals surface area contributed by atoms with Gasteiger partial charge in [0.2, 0.25) is 0 Å². The molecule has 0 saturated carbocycles. The fourth-order valence-electron chi connectivity index (χ4n) is 4.30. The van der Waals surface area contributed by atoms with E-state index in [1.807, 2.05) is 13.8 Å². The molecule has 1 aromatic carbocycles. The minimum Gasteiger partial charge on any atom is -0.331 e. The van der Waals surface area contributed by atoms with Crippen molar-refractivity contribution >= 4 is 21.6 Å². The summed E-state index contributed by atoms with van der Waals surface area (Å²) in [5.41, 5.74) is 3.02. The van der Waals surface area contributed by atoms with Gasteiger partial charge in [0.15, 0.2) is 14.9 Å². The molecule has 1 unspecified atom stereocenters. The van der Waals surface area contributed by atoms with Gasteiger partial charge in [0.25, 0.3) is 0 Å². The van der Waals surface area contributed by atoms with E-state index < -0.39 is 9.84 Å². The number of nitrogens with one attached hydrogen (secondary N) is 1. The fourth-order valence-corrected chi connectivity index (χ4v) is 4.90. The number of pyridine rings is 1. The summed E-state index contributed by atoms with van der Waals surface area (Å²) in [7, 11) is -3.47. The number of aromatic nitrogens is 3. The third-order valence-electron chi connectivity index (χ3n) is 6.05. The van der Waals surface area contributed by atoms with Gasteiger partial charge in [-0.15, -0.1) is 0 Å². The Bertz CT molecular complexity index is 1290. The molecule has 1 aliphatic heterocycles. The van der Waals surface area contributed by atoms with Crippen molar-refractivity contribution < 1.29 is 17.6 Å². The van der Waals surface area contributed by atoms with E-state index >= 15 is 0 Å². The molecule has 1 N–H and O–H groups in total. The molecule has 2 aromatic heterocycles. The summed E-state index contributed by atoms with van der Waals surface area (Å²) in [6, 6.07) is 8.64. The Morgan fingerprint density at radius 1 is 1.26 bits per heavy atom. The highest BCUT2D eigenvalue weighted by molar-refractivity contribution is 7.90. The Balaban J connectivity index is 1.63. The minimum absolute atomic E-state index is 0.0189. The van der Waals surface area contributed by atoms with Crippen molar-refractivity contribution in [1.29, 1.82) is 0 Å². The number of carbonyl (C=O) groups excluding carboxylic acids is 1. The first-order chi connectivity index (χ1) is 16.2. The van der Waals surface area contributed by atoms with Gasteiger partial charge in [-0.1, -0.05) is 13.3 Å². The van der Waals surface area contributed by atoms with Gasteiger partial charge >= 0.3 is 6.03 Å². The Labute approximate surface area is 198 Å². The van der Waals surface area contributed by atoms with Crippen LogP contribution in [0.2, 0.25) is 0 Å². The molecular formula is C24H28FN5O3S. The van der Waals surface area contributed by atoms with Crippen LogP contribution in [-0.4, -0.2) is 41.5 Å². The van der Waals surface area contributed by atoms with E-state index in [-0.39, 0.29) is 29.0 Å². The highest BCUT2D eigenvalue weighted by Gasteiger charge is 2.32. The maximum atomic E-state index is 13.5. The second-order valence-corrected chi connectivity index (χ2v) is 10.6. The van der Waals surface area contributed by atoms with Crippen LogP contribution in [0.3, 0.4) is 0 Å². The molecule has 8 nitrogen and oxygen atoms in total. The van der Waals surface area contributed by atoms with Gasteiger partial charge in [0.05, 0.1) is 29.3 Å². The summed E-state index contributed by atoms with van der Waals surface area (Å²) in [4.78, 5) is 19.2. The smallest absolute Gasteiger partial charge is 0.322 e. The zero-order chi connectivity index (χ0) is 24.5. The summed E-state index contributed by atoms with van der Waals surface area (Å²) in [6.45, 7) is 3.99. The topological polar surface area (TPSA) is 97.2 Å². The zero-order valence-corrected chi connectivity index (χ0v) is 20.2. The van der Waals surface area contributed by atoms with E-state index in [1.54, 1.807) is 34.0 Å². The molecule has 3 aromatic rings. The van der Waals surface area contributed by atoms with Crippen LogP contribution in [0, 0.1) is 5.82 Å². The number of nitrogens with zero attached hydrogens (tertiary/aromatic N) is 4. The lowest BCUT2D eigenvalue weighted by atomic mass is 10.0. The third kappa shape index (κ3) is 4.82. The van der Waals surface area contributed by atoms with Crippen LogP contribution in [-0.2, 0) is 16.3 Å². The van der Waals surface area contributed by atoms with E-state index in [4.69, 9.17) is 0 Å². The van der Waals surface area contributed by atoms with Crippen molar-refractivity contribution in [3.8, 4) is 5.69 Å². The van der Waals surface area contributed by atoms with Gasteiger partial charge in [-0.25, -0.2) is 27.3 Å². The van der Waals surface area contributed by atoms with Crippen molar-refractivity contribution in [2.24, 2.45) is 0 Å². The molecule has 4 rings (SSSR count). The summed E-state index contributed by atoms with van der Waals surface area (Å²) >= 11 is 0. The lowest BCUT2D eigenvalue weighted by Gasteiger charge is -2.34. The highest BCUT2D eigenvalue weighted by Crippen LogP contribution is 2.33. The van der Waals surface area contributed by atoms with Gasteiger partial charge in [-0.05, 0) is 68.1 Å². The number of carbonyl (C=O) groups is 1. The first kappa shape index (κ1) is 23.9. The number of fused-ring (bicyclic) bond motifs is 1. The van der Waals surface area contributed by atoms with Crippen LogP contribution in [0.15, 0.2) is 53.8 Å². The number of rotatable bonds is 6. The SMILES string of the molecule is CCC[C@H](NC(=O)N1c2cnn(-c3ccc(F)cc3)c2CCC1C)c1ccnc(S(C)(=O)=O)c1. The zero-order valence-electron chi connectivity index (χ0n) is 19.4. The van der Waals surface area contributed by atoms with Crippen LogP contribution in [0.4, 0.5) is 14.9 Å².